The normalized spacial score (nSPS) is 10.9. The second kappa shape index (κ2) is 9.45. The Hall–Kier alpha value is -2.02. The minimum atomic E-state index is -0.116. The van der Waals surface area contributed by atoms with E-state index in [0.717, 1.165) is 35.6 Å². The van der Waals surface area contributed by atoms with Gasteiger partial charge in [0.05, 0.1) is 5.75 Å². The van der Waals surface area contributed by atoms with Crippen LogP contribution in [0.2, 0.25) is 10.0 Å². The third kappa shape index (κ3) is 4.87. The molecule has 0 radical (unpaired) electrons. The summed E-state index contributed by atoms with van der Waals surface area (Å²) in [5.74, 6) is 0.885. The SMILES string of the molecule is CCCn1c(SCC(=O)Nc2cccc(Cl)c2C)nnc1-c1ccc(Cl)cc1. The van der Waals surface area contributed by atoms with Gasteiger partial charge in [0, 0.05) is 27.8 Å². The largest absolute Gasteiger partial charge is 0.325 e. The zero-order valence-electron chi connectivity index (χ0n) is 15.6. The third-order valence-corrected chi connectivity index (χ3v) is 5.77. The molecule has 0 aliphatic carbocycles. The Kier molecular flexibility index (Phi) is 6.99. The van der Waals surface area contributed by atoms with Gasteiger partial charge in [-0.05, 0) is 55.3 Å². The van der Waals surface area contributed by atoms with Gasteiger partial charge in [-0.3, -0.25) is 4.79 Å². The number of hydrogen-bond donors (Lipinski definition) is 1. The van der Waals surface area contributed by atoms with Gasteiger partial charge in [0.1, 0.15) is 0 Å². The monoisotopic (exact) mass is 434 g/mol. The van der Waals surface area contributed by atoms with E-state index in [2.05, 4.69) is 22.4 Å². The molecule has 1 amide bonds. The molecule has 8 heteroatoms. The molecule has 2 aromatic carbocycles. The van der Waals surface area contributed by atoms with Crippen LogP contribution in [-0.4, -0.2) is 26.4 Å². The summed E-state index contributed by atoms with van der Waals surface area (Å²) in [5, 5.41) is 13.5. The fourth-order valence-electron chi connectivity index (χ4n) is 2.69. The molecular weight excluding hydrogens is 415 g/mol. The quantitative estimate of drug-likeness (QED) is 0.484. The maximum atomic E-state index is 12.4. The predicted molar refractivity (Wildman–Crippen MR) is 116 cm³/mol. The Morgan fingerprint density at radius 1 is 1.14 bits per heavy atom. The van der Waals surface area contributed by atoms with Crippen LogP contribution < -0.4 is 5.32 Å². The van der Waals surface area contributed by atoms with Crippen LogP contribution in [0.3, 0.4) is 0 Å². The molecule has 146 valence electrons. The van der Waals surface area contributed by atoms with Gasteiger partial charge in [0.15, 0.2) is 11.0 Å². The molecule has 3 rings (SSSR count). The van der Waals surface area contributed by atoms with Gasteiger partial charge < -0.3 is 9.88 Å². The highest BCUT2D eigenvalue weighted by atomic mass is 35.5. The van der Waals surface area contributed by atoms with E-state index in [1.54, 1.807) is 6.07 Å². The summed E-state index contributed by atoms with van der Waals surface area (Å²) in [4.78, 5) is 12.4. The van der Waals surface area contributed by atoms with Gasteiger partial charge in [-0.2, -0.15) is 0 Å². The van der Waals surface area contributed by atoms with Crippen LogP contribution in [0.15, 0.2) is 47.6 Å². The minimum absolute atomic E-state index is 0.116. The van der Waals surface area contributed by atoms with Crippen LogP contribution in [0.25, 0.3) is 11.4 Å². The van der Waals surface area contributed by atoms with Crippen LogP contribution >= 0.6 is 35.0 Å². The number of carbonyl (C=O) groups is 1. The van der Waals surface area contributed by atoms with Crippen molar-refractivity contribution in [2.24, 2.45) is 0 Å². The smallest absolute Gasteiger partial charge is 0.234 e. The van der Waals surface area contributed by atoms with Crippen LogP contribution in [-0.2, 0) is 11.3 Å². The number of rotatable bonds is 7. The summed E-state index contributed by atoms with van der Waals surface area (Å²) in [6.45, 7) is 4.73. The van der Waals surface area contributed by atoms with Gasteiger partial charge in [-0.15, -0.1) is 10.2 Å². The number of benzene rings is 2. The molecule has 3 aromatic rings. The maximum absolute atomic E-state index is 12.4. The fourth-order valence-corrected chi connectivity index (χ4v) is 3.76. The highest BCUT2D eigenvalue weighted by molar-refractivity contribution is 7.99. The number of anilines is 1. The van der Waals surface area contributed by atoms with Crippen LogP contribution in [0, 0.1) is 6.92 Å². The zero-order chi connectivity index (χ0) is 20.1. The van der Waals surface area contributed by atoms with Gasteiger partial charge in [-0.25, -0.2) is 0 Å². The van der Waals surface area contributed by atoms with E-state index in [1.807, 2.05) is 47.9 Å². The predicted octanol–water partition coefficient (Wildman–Crippen LogP) is 5.70. The van der Waals surface area contributed by atoms with Gasteiger partial charge in [0.2, 0.25) is 5.91 Å². The number of nitrogens with one attached hydrogen (secondary N) is 1. The first-order valence-corrected chi connectivity index (χ1v) is 10.6. The summed E-state index contributed by atoms with van der Waals surface area (Å²) in [5.41, 5.74) is 2.51. The first-order chi connectivity index (χ1) is 13.5. The van der Waals surface area contributed by atoms with E-state index in [-0.39, 0.29) is 11.7 Å². The van der Waals surface area contributed by atoms with E-state index in [9.17, 15) is 4.79 Å². The minimum Gasteiger partial charge on any atom is -0.325 e. The van der Waals surface area contributed by atoms with Crippen LogP contribution in [0.4, 0.5) is 5.69 Å². The van der Waals surface area contributed by atoms with E-state index in [1.165, 1.54) is 11.8 Å². The topological polar surface area (TPSA) is 59.8 Å². The van der Waals surface area contributed by atoms with E-state index in [0.29, 0.717) is 15.2 Å². The number of nitrogens with zero attached hydrogens (tertiary/aromatic N) is 3. The lowest BCUT2D eigenvalue weighted by molar-refractivity contribution is -0.113. The second-order valence-corrected chi connectivity index (χ2v) is 8.00. The van der Waals surface area contributed by atoms with E-state index < -0.39 is 0 Å². The Morgan fingerprint density at radius 3 is 2.61 bits per heavy atom. The second-order valence-electron chi connectivity index (χ2n) is 6.21. The molecule has 28 heavy (non-hydrogen) atoms. The lowest BCUT2D eigenvalue weighted by Crippen LogP contribution is -2.15. The molecule has 1 aromatic heterocycles. The molecule has 0 fully saturated rings. The van der Waals surface area contributed by atoms with Crippen molar-refractivity contribution in [1.82, 2.24) is 14.8 Å². The Bertz CT molecular complexity index is 973. The van der Waals surface area contributed by atoms with E-state index in [4.69, 9.17) is 23.2 Å². The van der Waals surface area contributed by atoms with Crippen molar-refractivity contribution in [3.8, 4) is 11.4 Å². The first-order valence-electron chi connectivity index (χ1n) is 8.86. The average molecular weight is 435 g/mol. The first kappa shape index (κ1) is 20.7. The number of carbonyl (C=O) groups excluding carboxylic acids is 1. The molecule has 0 saturated heterocycles. The highest BCUT2D eigenvalue weighted by Crippen LogP contribution is 2.26. The summed E-state index contributed by atoms with van der Waals surface area (Å²) in [7, 11) is 0. The fraction of sp³-hybridized carbons (Fsp3) is 0.250. The summed E-state index contributed by atoms with van der Waals surface area (Å²) in [6.07, 6.45) is 0.931. The van der Waals surface area contributed by atoms with Crippen molar-refractivity contribution in [1.29, 1.82) is 0 Å². The number of halogens is 2. The summed E-state index contributed by atoms with van der Waals surface area (Å²) < 4.78 is 2.03. The van der Waals surface area contributed by atoms with Gasteiger partial charge in [0.25, 0.3) is 0 Å². The van der Waals surface area contributed by atoms with Gasteiger partial charge >= 0.3 is 0 Å². The van der Waals surface area contributed by atoms with Crippen molar-refractivity contribution in [3.63, 3.8) is 0 Å². The number of hydrogen-bond acceptors (Lipinski definition) is 4. The number of amides is 1. The van der Waals surface area contributed by atoms with Crippen molar-refractivity contribution < 1.29 is 4.79 Å². The van der Waals surface area contributed by atoms with Crippen LogP contribution in [0.1, 0.15) is 18.9 Å². The lowest BCUT2D eigenvalue weighted by Gasteiger charge is -2.10. The maximum Gasteiger partial charge on any atom is 0.234 e. The Balaban J connectivity index is 1.72. The highest BCUT2D eigenvalue weighted by Gasteiger charge is 2.16. The molecular formula is C20H20Cl2N4OS. The molecule has 0 atom stereocenters. The van der Waals surface area contributed by atoms with Crippen molar-refractivity contribution in [2.75, 3.05) is 11.1 Å². The van der Waals surface area contributed by atoms with Crippen molar-refractivity contribution >= 4 is 46.6 Å². The van der Waals surface area contributed by atoms with E-state index >= 15 is 0 Å². The summed E-state index contributed by atoms with van der Waals surface area (Å²) >= 11 is 13.4. The molecule has 1 heterocycles. The number of aromatic nitrogens is 3. The molecule has 5 nitrogen and oxygen atoms in total. The number of thioether (sulfide) groups is 1. The molecule has 0 saturated carbocycles. The Labute approximate surface area is 178 Å². The third-order valence-electron chi connectivity index (χ3n) is 4.14. The summed E-state index contributed by atoms with van der Waals surface area (Å²) in [6, 6.07) is 12.9. The standard InChI is InChI=1S/C20H20Cl2N4OS/c1-3-11-26-19(14-7-9-15(21)10-8-14)24-25-20(26)28-12-18(27)23-17-6-4-5-16(22)13(17)2/h4-10H,3,11-12H2,1-2H3,(H,23,27). The van der Waals surface area contributed by atoms with Gasteiger partial charge in [-0.1, -0.05) is 48.0 Å². The molecule has 0 aliphatic heterocycles. The average Bonchev–Trinajstić information content (AvgIpc) is 3.07. The Morgan fingerprint density at radius 2 is 1.89 bits per heavy atom. The molecule has 0 spiro atoms. The van der Waals surface area contributed by atoms with Crippen molar-refractivity contribution in [2.45, 2.75) is 32.0 Å². The molecule has 0 bridgehead atoms. The zero-order valence-corrected chi connectivity index (χ0v) is 17.9. The van der Waals surface area contributed by atoms with Crippen LogP contribution in [0.5, 0.6) is 0 Å². The molecule has 1 N–H and O–H groups in total. The lowest BCUT2D eigenvalue weighted by atomic mass is 10.2. The molecule has 0 unspecified atom stereocenters. The van der Waals surface area contributed by atoms with Crippen molar-refractivity contribution in [3.05, 3.63) is 58.1 Å². The molecule has 0 aliphatic rings.